The summed E-state index contributed by atoms with van der Waals surface area (Å²) in [6.07, 6.45) is 3.03. The molecule has 3 aromatic heterocycles. The van der Waals surface area contributed by atoms with E-state index in [1.807, 2.05) is 24.3 Å². The fraction of sp³-hybridized carbons (Fsp3) is 0.0667. The predicted molar refractivity (Wildman–Crippen MR) is 92.1 cm³/mol. The van der Waals surface area contributed by atoms with E-state index in [-0.39, 0.29) is 18.0 Å². The smallest absolute Gasteiger partial charge is 0.271 e. The van der Waals surface area contributed by atoms with Crippen molar-refractivity contribution < 1.29 is 4.79 Å². The summed E-state index contributed by atoms with van der Waals surface area (Å²) in [6, 6.07) is 7.75. The zero-order chi connectivity index (χ0) is 15.8. The number of carbonyl (C=O) groups excluding carboxylic acids is 1. The SMILES string of the molecule is O=C(Cn1cnc2c(sc3ccccc32)c1=O)Nc1nccs1. The van der Waals surface area contributed by atoms with E-state index >= 15 is 0 Å². The zero-order valence-electron chi connectivity index (χ0n) is 11.7. The second-order valence-electron chi connectivity index (χ2n) is 4.84. The molecule has 1 amide bonds. The molecule has 0 fully saturated rings. The normalized spacial score (nSPS) is 11.1. The van der Waals surface area contributed by atoms with Crippen LogP contribution in [0, 0.1) is 0 Å². The first-order valence-corrected chi connectivity index (χ1v) is 8.48. The summed E-state index contributed by atoms with van der Waals surface area (Å²) in [5.41, 5.74) is 0.484. The Kier molecular flexibility index (Phi) is 3.40. The zero-order valence-corrected chi connectivity index (χ0v) is 13.4. The van der Waals surface area contributed by atoms with Crippen LogP contribution in [0.2, 0.25) is 0 Å². The van der Waals surface area contributed by atoms with Crippen molar-refractivity contribution in [2.24, 2.45) is 0 Å². The number of hydrogen-bond donors (Lipinski definition) is 1. The summed E-state index contributed by atoms with van der Waals surface area (Å²) in [5, 5.41) is 5.90. The molecule has 8 heteroatoms. The molecule has 0 spiro atoms. The number of thiophene rings is 1. The molecule has 0 bridgehead atoms. The van der Waals surface area contributed by atoms with Crippen LogP contribution in [-0.4, -0.2) is 20.4 Å². The Morgan fingerprint density at radius 1 is 1.26 bits per heavy atom. The maximum absolute atomic E-state index is 12.6. The Morgan fingerprint density at radius 3 is 2.96 bits per heavy atom. The molecule has 0 saturated heterocycles. The third-order valence-electron chi connectivity index (χ3n) is 3.34. The number of benzene rings is 1. The van der Waals surface area contributed by atoms with Gasteiger partial charge in [0.05, 0.1) is 11.8 Å². The van der Waals surface area contributed by atoms with Gasteiger partial charge in [-0.2, -0.15) is 0 Å². The van der Waals surface area contributed by atoms with Gasteiger partial charge in [0.25, 0.3) is 5.56 Å². The van der Waals surface area contributed by atoms with E-state index in [1.165, 1.54) is 33.6 Å². The first-order chi connectivity index (χ1) is 11.2. The van der Waals surface area contributed by atoms with E-state index in [2.05, 4.69) is 15.3 Å². The molecular formula is C15H10N4O2S2. The van der Waals surface area contributed by atoms with Crippen LogP contribution in [0.25, 0.3) is 20.3 Å². The van der Waals surface area contributed by atoms with Crippen molar-refractivity contribution in [3.05, 3.63) is 52.5 Å². The van der Waals surface area contributed by atoms with Gasteiger partial charge in [0.2, 0.25) is 5.91 Å². The first kappa shape index (κ1) is 14.0. The summed E-state index contributed by atoms with van der Waals surface area (Å²) in [4.78, 5) is 32.9. The molecule has 4 rings (SSSR count). The number of nitrogens with zero attached hydrogens (tertiary/aromatic N) is 3. The van der Waals surface area contributed by atoms with Gasteiger partial charge in [-0.25, -0.2) is 9.97 Å². The summed E-state index contributed by atoms with van der Waals surface area (Å²) in [7, 11) is 0. The van der Waals surface area contributed by atoms with Gasteiger partial charge in [-0.3, -0.25) is 14.2 Å². The van der Waals surface area contributed by atoms with Crippen LogP contribution in [0.15, 0.2) is 47.0 Å². The lowest BCUT2D eigenvalue weighted by Gasteiger charge is -2.04. The molecule has 1 N–H and O–H groups in total. The molecule has 0 aliphatic rings. The maximum Gasteiger partial charge on any atom is 0.271 e. The number of aromatic nitrogens is 3. The lowest BCUT2D eigenvalue weighted by Crippen LogP contribution is -2.27. The van der Waals surface area contributed by atoms with Gasteiger partial charge < -0.3 is 5.32 Å². The lowest BCUT2D eigenvalue weighted by molar-refractivity contribution is -0.116. The molecule has 6 nitrogen and oxygen atoms in total. The van der Waals surface area contributed by atoms with E-state index in [4.69, 9.17) is 0 Å². The average Bonchev–Trinajstić information content (AvgIpc) is 3.17. The number of rotatable bonds is 3. The van der Waals surface area contributed by atoms with Crippen molar-refractivity contribution >= 4 is 54.0 Å². The molecule has 0 atom stereocenters. The lowest BCUT2D eigenvalue weighted by atomic mass is 10.2. The van der Waals surface area contributed by atoms with Gasteiger partial charge in [0.1, 0.15) is 11.2 Å². The minimum absolute atomic E-state index is 0.0877. The van der Waals surface area contributed by atoms with E-state index in [0.717, 1.165) is 10.1 Å². The van der Waals surface area contributed by atoms with Crippen LogP contribution in [0.4, 0.5) is 5.13 Å². The highest BCUT2D eigenvalue weighted by molar-refractivity contribution is 7.25. The molecule has 1 aromatic carbocycles. The molecule has 23 heavy (non-hydrogen) atoms. The quantitative estimate of drug-likeness (QED) is 0.621. The first-order valence-electron chi connectivity index (χ1n) is 6.78. The monoisotopic (exact) mass is 342 g/mol. The van der Waals surface area contributed by atoms with Crippen molar-refractivity contribution in [1.29, 1.82) is 0 Å². The minimum Gasteiger partial charge on any atom is -0.300 e. The van der Waals surface area contributed by atoms with Gasteiger partial charge in [-0.05, 0) is 6.07 Å². The van der Waals surface area contributed by atoms with Gasteiger partial charge in [0.15, 0.2) is 5.13 Å². The second kappa shape index (κ2) is 5.56. The standard InChI is InChI=1S/C15H10N4O2S2/c20-11(18-15-16-5-6-22-15)7-19-8-17-12-9-3-1-2-4-10(9)23-13(12)14(19)21/h1-6,8H,7H2,(H,16,18,20). The van der Waals surface area contributed by atoms with Crippen LogP contribution in [0.3, 0.4) is 0 Å². The van der Waals surface area contributed by atoms with Crippen molar-refractivity contribution in [2.75, 3.05) is 5.32 Å². The number of fused-ring (bicyclic) bond motifs is 3. The Hall–Kier alpha value is -2.58. The summed E-state index contributed by atoms with van der Waals surface area (Å²) in [6.45, 7) is -0.0877. The van der Waals surface area contributed by atoms with Gasteiger partial charge in [-0.15, -0.1) is 22.7 Å². The highest BCUT2D eigenvalue weighted by Gasteiger charge is 2.13. The van der Waals surface area contributed by atoms with Gasteiger partial charge in [-0.1, -0.05) is 18.2 Å². The van der Waals surface area contributed by atoms with Crippen molar-refractivity contribution in [3.8, 4) is 0 Å². The van der Waals surface area contributed by atoms with Crippen LogP contribution >= 0.6 is 22.7 Å². The number of hydrogen-bond acceptors (Lipinski definition) is 6. The Morgan fingerprint density at radius 2 is 2.13 bits per heavy atom. The molecular weight excluding hydrogens is 332 g/mol. The van der Waals surface area contributed by atoms with E-state index in [0.29, 0.717) is 15.3 Å². The van der Waals surface area contributed by atoms with Crippen LogP contribution in [0.1, 0.15) is 0 Å². The Balaban J connectivity index is 1.70. The van der Waals surface area contributed by atoms with E-state index in [9.17, 15) is 9.59 Å². The highest BCUT2D eigenvalue weighted by Crippen LogP contribution is 2.29. The van der Waals surface area contributed by atoms with Gasteiger partial charge in [0, 0.05) is 21.7 Å². The van der Waals surface area contributed by atoms with Crippen molar-refractivity contribution in [3.63, 3.8) is 0 Å². The van der Waals surface area contributed by atoms with E-state index in [1.54, 1.807) is 11.6 Å². The van der Waals surface area contributed by atoms with Gasteiger partial charge >= 0.3 is 0 Å². The summed E-state index contributed by atoms with van der Waals surface area (Å²) >= 11 is 2.72. The molecule has 114 valence electrons. The predicted octanol–water partition coefficient (Wildman–Crippen LogP) is 2.71. The highest BCUT2D eigenvalue weighted by atomic mass is 32.1. The number of nitrogens with one attached hydrogen (secondary N) is 1. The molecule has 0 saturated carbocycles. The van der Waals surface area contributed by atoms with Crippen LogP contribution in [0.5, 0.6) is 0 Å². The topological polar surface area (TPSA) is 76.9 Å². The molecule has 0 aliphatic heterocycles. The van der Waals surface area contributed by atoms with Crippen molar-refractivity contribution in [2.45, 2.75) is 6.54 Å². The number of anilines is 1. The summed E-state index contributed by atoms with van der Waals surface area (Å²) in [5.74, 6) is -0.302. The van der Waals surface area contributed by atoms with E-state index < -0.39 is 0 Å². The molecule has 0 aliphatic carbocycles. The molecule has 3 heterocycles. The fourth-order valence-electron chi connectivity index (χ4n) is 2.33. The maximum atomic E-state index is 12.6. The number of amides is 1. The fourth-order valence-corrected chi connectivity index (χ4v) is 3.98. The number of carbonyl (C=O) groups is 1. The molecule has 0 radical (unpaired) electrons. The second-order valence-corrected chi connectivity index (χ2v) is 6.79. The average molecular weight is 342 g/mol. The Bertz CT molecular complexity index is 1070. The summed E-state index contributed by atoms with van der Waals surface area (Å²) < 4.78 is 2.90. The largest absolute Gasteiger partial charge is 0.300 e. The van der Waals surface area contributed by atoms with Crippen LogP contribution < -0.4 is 10.9 Å². The Labute approximate surface area is 138 Å². The van der Waals surface area contributed by atoms with Crippen LogP contribution in [-0.2, 0) is 11.3 Å². The third kappa shape index (κ3) is 2.51. The molecule has 4 aromatic rings. The van der Waals surface area contributed by atoms with Crippen molar-refractivity contribution in [1.82, 2.24) is 14.5 Å². The number of thiazole rings is 1. The molecule has 0 unspecified atom stereocenters. The third-order valence-corrected chi connectivity index (χ3v) is 5.18. The minimum atomic E-state index is -0.302.